The topological polar surface area (TPSA) is 79.4 Å². The Bertz CT molecular complexity index is 229. The highest BCUT2D eigenvalue weighted by atomic mass is 16.6. The number of ether oxygens (including phenoxy) is 1. The first-order valence-corrected chi connectivity index (χ1v) is 5.17. The van der Waals surface area contributed by atoms with Gasteiger partial charge < -0.3 is 15.4 Å². The molecule has 88 valence electrons. The van der Waals surface area contributed by atoms with Gasteiger partial charge in [-0.3, -0.25) is 5.41 Å². The fourth-order valence-corrected chi connectivity index (χ4v) is 1.04. The van der Waals surface area contributed by atoms with Gasteiger partial charge in [0.2, 0.25) is 0 Å². The number of carbonyl (C=O) groups excluding carboxylic acids is 1. The number of rotatable bonds is 5. The van der Waals surface area contributed by atoms with Crippen LogP contribution in [0.25, 0.3) is 0 Å². The summed E-state index contributed by atoms with van der Waals surface area (Å²) in [6.45, 7) is 8.28. The van der Waals surface area contributed by atoms with Crippen molar-refractivity contribution in [2.75, 3.05) is 13.1 Å². The van der Waals surface area contributed by atoms with Gasteiger partial charge in [-0.1, -0.05) is 6.92 Å². The van der Waals surface area contributed by atoms with Crippen molar-refractivity contribution >= 4 is 11.9 Å². The molecule has 0 aromatic heterocycles. The van der Waals surface area contributed by atoms with Crippen LogP contribution in [0.3, 0.4) is 0 Å². The van der Waals surface area contributed by atoms with Crippen LogP contribution in [-0.4, -0.2) is 36.0 Å². The van der Waals surface area contributed by atoms with Crippen molar-refractivity contribution in [1.82, 2.24) is 4.90 Å². The standard InChI is InChI=1S/C10H21N3O2/c1-5-13(6-8(4)9(11)12)10(14)15-7(2)3/h7-8H,5-6H2,1-4H3,(H3,11,12). The smallest absolute Gasteiger partial charge is 0.410 e. The first-order chi connectivity index (χ1) is 6.88. The van der Waals surface area contributed by atoms with Gasteiger partial charge in [0, 0.05) is 19.0 Å². The third-order valence-corrected chi connectivity index (χ3v) is 2.00. The van der Waals surface area contributed by atoms with Crippen molar-refractivity contribution in [2.24, 2.45) is 11.7 Å². The van der Waals surface area contributed by atoms with Crippen LogP contribution >= 0.6 is 0 Å². The van der Waals surface area contributed by atoms with Crippen LogP contribution in [0.15, 0.2) is 0 Å². The van der Waals surface area contributed by atoms with Crippen molar-refractivity contribution in [3.8, 4) is 0 Å². The van der Waals surface area contributed by atoms with Crippen LogP contribution < -0.4 is 5.73 Å². The molecule has 5 heteroatoms. The first kappa shape index (κ1) is 13.7. The van der Waals surface area contributed by atoms with E-state index in [2.05, 4.69) is 0 Å². The summed E-state index contributed by atoms with van der Waals surface area (Å²) in [5, 5.41) is 7.25. The summed E-state index contributed by atoms with van der Waals surface area (Å²) in [7, 11) is 0. The monoisotopic (exact) mass is 215 g/mol. The second-order valence-corrected chi connectivity index (χ2v) is 3.83. The first-order valence-electron chi connectivity index (χ1n) is 5.17. The zero-order chi connectivity index (χ0) is 12.0. The summed E-state index contributed by atoms with van der Waals surface area (Å²) in [5.74, 6) is -0.0459. The molecule has 0 aliphatic rings. The van der Waals surface area contributed by atoms with Crippen molar-refractivity contribution < 1.29 is 9.53 Å². The molecule has 0 spiro atoms. The molecule has 1 unspecified atom stereocenters. The van der Waals surface area contributed by atoms with Crippen molar-refractivity contribution in [3.05, 3.63) is 0 Å². The van der Waals surface area contributed by atoms with Gasteiger partial charge in [-0.25, -0.2) is 4.79 Å². The maximum absolute atomic E-state index is 11.5. The molecule has 0 heterocycles. The molecule has 0 aromatic rings. The summed E-state index contributed by atoms with van der Waals surface area (Å²) in [6.07, 6.45) is -0.472. The molecule has 15 heavy (non-hydrogen) atoms. The minimum absolute atomic E-state index is 0.0887. The lowest BCUT2D eigenvalue weighted by Crippen LogP contribution is -2.39. The van der Waals surface area contributed by atoms with E-state index in [1.54, 1.807) is 18.7 Å². The van der Waals surface area contributed by atoms with Gasteiger partial charge in [-0.05, 0) is 20.8 Å². The maximum atomic E-state index is 11.5. The van der Waals surface area contributed by atoms with Gasteiger partial charge >= 0.3 is 6.09 Å². The normalized spacial score (nSPS) is 12.3. The minimum atomic E-state index is -0.347. The Labute approximate surface area is 91.1 Å². The molecule has 0 aliphatic heterocycles. The number of nitrogens with one attached hydrogen (secondary N) is 1. The van der Waals surface area contributed by atoms with Crippen LogP contribution in [0.5, 0.6) is 0 Å². The molecule has 0 bridgehead atoms. The van der Waals surface area contributed by atoms with Crippen LogP contribution in [-0.2, 0) is 4.74 Å². The van der Waals surface area contributed by atoms with Gasteiger partial charge in [0.15, 0.2) is 0 Å². The highest BCUT2D eigenvalue weighted by Crippen LogP contribution is 2.03. The third-order valence-electron chi connectivity index (χ3n) is 2.00. The largest absolute Gasteiger partial charge is 0.447 e. The maximum Gasteiger partial charge on any atom is 0.410 e. The van der Waals surface area contributed by atoms with Crippen LogP contribution in [0.2, 0.25) is 0 Å². The number of amides is 1. The Morgan fingerprint density at radius 3 is 2.33 bits per heavy atom. The summed E-state index contributed by atoms with van der Waals surface area (Å²) in [4.78, 5) is 13.1. The summed E-state index contributed by atoms with van der Waals surface area (Å²) in [6, 6.07) is 0. The molecule has 3 N–H and O–H groups in total. The number of carbonyl (C=O) groups is 1. The predicted octanol–water partition coefficient (Wildman–Crippen LogP) is 1.43. The minimum Gasteiger partial charge on any atom is -0.447 e. The lowest BCUT2D eigenvalue weighted by atomic mass is 10.1. The zero-order valence-electron chi connectivity index (χ0n) is 9.91. The Hall–Kier alpha value is -1.26. The third kappa shape index (κ3) is 5.24. The van der Waals surface area contributed by atoms with Crippen LogP contribution in [0, 0.1) is 11.3 Å². The average Bonchev–Trinajstić information content (AvgIpc) is 2.11. The predicted molar refractivity (Wildman–Crippen MR) is 59.9 cm³/mol. The van der Waals surface area contributed by atoms with E-state index in [1.165, 1.54) is 0 Å². The molecular formula is C10H21N3O2. The highest BCUT2D eigenvalue weighted by molar-refractivity contribution is 5.80. The number of amidine groups is 1. The van der Waals surface area contributed by atoms with Gasteiger partial charge in [-0.15, -0.1) is 0 Å². The Morgan fingerprint density at radius 2 is 2.00 bits per heavy atom. The molecule has 0 saturated carbocycles. The Morgan fingerprint density at radius 1 is 1.47 bits per heavy atom. The zero-order valence-corrected chi connectivity index (χ0v) is 9.91. The molecule has 1 atom stereocenters. The number of nitrogens with two attached hydrogens (primary N) is 1. The van der Waals surface area contributed by atoms with Crippen molar-refractivity contribution in [1.29, 1.82) is 5.41 Å². The second-order valence-electron chi connectivity index (χ2n) is 3.83. The molecule has 1 amide bonds. The van der Waals surface area contributed by atoms with Gasteiger partial charge in [0.25, 0.3) is 0 Å². The molecule has 0 rings (SSSR count). The molecule has 5 nitrogen and oxygen atoms in total. The van der Waals surface area contributed by atoms with E-state index in [0.29, 0.717) is 13.1 Å². The lowest BCUT2D eigenvalue weighted by molar-refractivity contribution is 0.0765. The molecule has 0 aliphatic carbocycles. The summed E-state index contributed by atoms with van der Waals surface area (Å²) < 4.78 is 5.06. The quantitative estimate of drug-likeness (QED) is 0.537. The number of nitrogens with zero attached hydrogens (tertiary/aromatic N) is 1. The van der Waals surface area contributed by atoms with Gasteiger partial charge in [-0.2, -0.15) is 0 Å². The molecule has 0 aromatic carbocycles. The summed E-state index contributed by atoms with van der Waals surface area (Å²) in [5.41, 5.74) is 5.34. The van der Waals surface area contributed by atoms with E-state index in [0.717, 1.165) is 0 Å². The van der Waals surface area contributed by atoms with Gasteiger partial charge in [0.1, 0.15) is 0 Å². The van der Waals surface area contributed by atoms with Crippen molar-refractivity contribution in [2.45, 2.75) is 33.8 Å². The number of hydrogen-bond acceptors (Lipinski definition) is 3. The molecule has 0 saturated heterocycles. The van der Waals surface area contributed by atoms with Gasteiger partial charge in [0.05, 0.1) is 11.9 Å². The second kappa shape index (κ2) is 6.27. The van der Waals surface area contributed by atoms with Crippen LogP contribution in [0.4, 0.5) is 4.79 Å². The van der Waals surface area contributed by atoms with E-state index in [1.807, 2.05) is 13.8 Å². The lowest BCUT2D eigenvalue weighted by Gasteiger charge is -2.24. The Balaban J connectivity index is 4.24. The fourth-order valence-electron chi connectivity index (χ4n) is 1.04. The van der Waals surface area contributed by atoms with E-state index < -0.39 is 0 Å². The molecule has 0 fully saturated rings. The fraction of sp³-hybridized carbons (Fsp3) is 0.800. The molecule has 0 radical (unpaired) electrons. The van der Waals surface area contributed by atoms with Crippen molar-refractivity contribution in [3.63, 3.8) is 0 Å². The average molecular weight is 215 g/mol. The number of hydrogen-bond donors (Lipinski definition) is 2. The van der Waals surface area contributed by atoms with E-state index in [-0.39, 0.29) is 24.0 Å². The Kier molecular flexibility index (Phi) is 5.74. The van der Waals surface area contributed by atoms with E-state index in [4.69, 9.17) is 15.9 Å². The van der Waals surface area contributed by atoms with E-state index >= 15 is 0 Å². The van der Waals surface area contributed by atoms with E-state index in [9.17, 15) is 4.79 Å². The van der Waals surface area contributed by atoms with Crippen LogP contribution in [0.1, 0.15) is 27.7 Å². The SMILES string of the molecule is CCN(CC(C)C(=N)N)C(=O)OC(C)C. The molecular weight excluding hydrogens is 194 g/mol. The highest BCUT2D eigenvalue weighted by Gasteiger charge is 2.18. The summed E-state index contributed by atoms with van der Waals surface area (Å²) >= 11 is 0.